The van der Waals surface area contributed by atoms with Crippen LogP contribution in [0.1, 0.15) is 23.7 Å². The first kappa shape index (κ1) is 20.6. The number of pyridine rings is 2. The third-order valence-electron chi connectivity index (χ3n) is 4.21. The van der Waals surface area contributed by atoms with Gasteiger partial charge in [-0.25, -0.2) is 4.98 Å². The number of fused-ring (bicyclic) bond motifs is 1. The van der Waals surface area contributed by atoms with Crippen molar-refractivity contribution in [2.45, 2.75) is 20.5 Å². The summed E-state index contributed by atoms with van der Waals surface area (Å²) in [5.74, 6) is 0.624. The van der Waals surface area contributed by atoms with E-state index in [1.165, 1.54) is 0 Å². The molecule has 0 N–H and O–H groups in total. The van der Waals surface area contributed by atoms with Crippen molar-refractivity contribution < 1.29 is 4.74 Å². The molecule has 0 fully saturated rings. The molecule has 0 aliphatic heterocycles. The van der Waals surface area contributed by atoms with E-state index in [1.54, 1.807) is 19.4 Å². The summed E-state index contributed by atoms with van der Waals surface area (Å²) in [6, 6.07) is 7.71. The van der Waals surface area contributed by atoms with E-state index in [0.29, 0.717) is 32.1 Å². The molecule has 0 spiro atoms. The Hall–Kier alpha value is -2.14. The second-order valence-electron chi connectivity index (χ2n) is 6.04. The predicted molar refractivity (Wildman–Crippen MR) is 117 cm³/mol. The topological polar surface area (TPSA) is 47.4 Å². The molecule has 0 atom stereocenters. The van der Waals surface area contributed by atoms with Gasteiger partial charge in [-0.05, 0) is 26.0 Å². The first-order valence-electron chi connectivity index (χ1n) is 8.56. The van der Waals surface area contributed by atoms with Crippen molar-refractivity contribution in [3.05, 3.63) is 74.6 Å². The smallest absolute Gasteiger partial charge is 0.146 e. The summed E-state index contributed by atoms with van der Waals surface area (Å²) < 4.78 is 6.03. The first-order valence-corrected chi connectivity index (χ1v) is 9.70. The highest BCUT2D eigenvalue weighted by molar-refractivity contribution is 6.47. The van der Waals surface area contributed by atoms with E-state index < -0.39 is 0 Å². The van der Waals surface area contributed by atoms with Gasteiger partial charge in [0.2, 0.25) is 0 Å². The third-order valence-corrected chi connectivity index (χ3v) is 5.26. The fourth-order valence-electron chi connectivity index (χ4n) is 2.88. The van der Waals surface area contributed by atoms with Crippen LogP contribution in [-0.2, 0) is 6.61 Å². The molecular weight excluding hydrogens is 417 g/mol. The SMILES string of the molecule is C/C=C(/Cl)C(=NC)c1cc(C)nc2c(OCc3c(Cl)cncc3Cl)cccc12. The van der Waals surface area contributed by atoms with E-state index in [-0.39, 0.29) is 6.61 Å². The standard InChI is InChI=1S/C21H18Cl3N3O/c1-4-16(22)20(25-3)14-8-12(2)27-21-13(14)6-5-7-19(21)28-11-15-17(23)9-26-10-18(15)24/h4-10H,11H2,1-3H3/b16-4+,25-20?. The molecule has 7 heteroatoms. The Bertz CT molecular complexity index is 1070. The second kappa shape index (κ2) is 8.91. The second-order valence-corrected chi connectivity index (χ2v) is 7.26. The fourth-order valence-corrected chi connectivity index (χ4v) is 3.54. The molecule has 0 saturated heterocycles. The molecule has 3 rings (SSSR count). The van der Waals surface area contributed by atoms with Gasteiger partial charge in [-0.2, -0.15) is 0 Å². The molecular formula is C21H18Cl3N3O. The Kier molecular flexibility index (Phi) is 6.55. The molecule has 2 heterocycles. The van der Waals surface area contributed by atoms with Gasteiger partial charge in [-0.1, -0.05) is 53.0 Å². The van der Waals surface area contributed by atoms with Crippen LogP contribution in [0.2, 0.25) is 10.0 Å². The molecule has 4 nitrogen and oxygen atoms in total. The van der Waals surface area contributed by atoms with Crippen molar-refractivity contribution in [2.75, 3.05) is 7.05 Å². The molecule has 0 aliphatic carbocycles. The Labute approximate surface area is 178 Å². The van der Waals surface area contributed by atoms with Gasteiger partial charge in [0, 0.05) is 41.6 Å². The van der Waals surface area contributed by atoms with Crippen LogP contribution in [0.4, 0.5) is 0 Å². The number of aromatic nitrogens is 2. The normalized spacial score (nSPS) is 12.5. The maximum Gasteiger partial charge on any atom is 0.146 e. The lowest BCUT2D eigenvalue weighted by Crippen LogP contribution is -2.05. The molecule has 0 amide bonds. The molecule has 3 aromatic rings. The zero-order valence-corrected chi connectivity index (χ0v) is 17.9. The third kappa shape index (κ3) is 4.14. The molecule has 1 aromatic carbocycles. The van der Waals surface area contributed by atoms with Crippen molar-refractivity contribution >= 4 is 51.4 Å². The van der Waals surface area contributed by atoms with E-state index >= 15 is 0 Å². The zero-order chi connectivity index (χ0) is 20.3. The molecule has 0 radical (unpaired) electrons. The van der Waals surface area contributed by atoms with Crippen molar-refractivity contribution in [1.29, 1.82) is 0 Å². The number of aliphatic imine (C=N–C) groups is 1. The Balaban J connectivity index is 2.08. The minimum atomic E-state index is 0.203. The van der Waals surface area contributed by atoms with Gasteiger partial charge in [-0.3, -0.25) is 9.98 Å². The number of nitrogens with zero attached hydrogens (tertiary/aromatic N) is 3. The van der Waals surface area contributed by atoms with E-state index in [2.05, 4.69) is 15.0 Å². The molecule has 0 unspecified atom stereocenters. The predicted octanol–water partition coefficient (Wildman–Crippen LogP) is 6.39. The minimum Gasteiger partial charge on any atom is -0.487 e. The Morgan fingerprint density at radius 3 is 2.57 bits per heavy atom. The molecule has 0 aliphatic rings. The van der Waals surface area contributed by atoms with Crippen LogP contribution in [0.25, 0.3) is 10.9 Å². The summed E-state index contributed by atoms with van der Waals surface area (Å²) in [6.07, 6.45) is 4.90. The Morgan fingerprint density at radius 2 is 1.93 bits per heavy atom. The number of aryl methyl sites for hydroxylation is 1. The van der Waals surface area contributed by atoms with Crippen LogP contribution < -0.4 is 4.74 Å². The molecule has 144 valence electrons. The van der Waals surface area contributed by atoms with Crippen LogP contribution in [0, 0.1) is 6.92 Å². The zero-order valence-electron chi connectivity index (χ0n) is 15.6. The average molecular weight is 435 g/mol. The van der Waals surface area contributed by atoms with Crippen molar-refractivity contribution in [2.24, 2.45) is 4.99 Å². The van der Waals surface area contributed by atoms with Gasteiger partial charge in [0.05, 0.1) is 20.8 Å². The molecule has 28 heavy (non-hydrogen) atoms. The van der Waals surface area contributed by atoms with Crippen molar-refractivity contribution in [3.63, 3.8) is 0 Å². The summed E-state index contributed by atoms with van der Waals surface area (Å²) in [6.45, 7) is 4.00. The highest BCUT2D eigenvalue weighted by atomic mass is 35.5. The van der Waals surface area contributed by atoms with E-state index in [1.807, 2.05) is 44.2 Å². The van der Waals surface area contributed by atoms with Gasteiger partial charge >= 0.3 is 0 Å². The van der Waals surface area contributed by atoms with Crippen LogP contribution in [0.5, 0.6) is 5.75 Å². The van der Waals surface area contributed by atoms with Gasteiger partial charge < -0.3 is 4.74 Å². The Morgan fingerprint density at radius 1 is 1.21 bits per heavy atom. The number of allylic oxidation sites excluding steroid dienone is 2. The maximum atomic E-state index is 6.38. The molecule has 0 saturated carbocycles. The maximum absolute atomic E-state index is 6.38. The lowest BCUT2D eigenvalue weighted by molar-refractivity contribution is 0.309. The fraction of sp³-hybridized carbons (Fsp3) is 0.190. The van der Waals surface area contributed by atoms with Crippen LogP contribution in [-0.4, -0.2) is 22.7 Å². The van der Waals surface area contributed by atoms with Crippen LogP contribution in [0.15, 0.2) is 52.8 Å². The van der Waals surface area contributed by atoms with Crippen LogP contribution in [0.3, 0.4) is 0 Å². The number of hydrogen-bond donors (Lipinski definition) is 0. The summed E-state index contributed by atoms with van der Waals surface area (Å²) in [4.78, 5) is 13.0. The minimum absolute atomic E-state index is 0.203. The summed E-state index contributed by atoms with van der Waals surface area (Å²) in [5, 5.41) is 2.39. The van der Waals surface area contributed by atoms with E-state index in [9.17, 15) is 0 Å². The lowest BCUT2D eigenvalue weighted by Gasteiger charge is -2.14. The van der Waals surface area contributed by atoms with E-state index in [0.717, 1.165) is 22.2 Å². The largest absolute Gasteiger partial charge is 0.487 e. The lowest BCUT2D eigenvalue weighted by atomic mass is 10.0. The summed E-state index contributed by atoms with van der Waals surface area (Å²) >= 11 is 18.8. The quantitative estimate of drug-likeness (QED) is 0.437. The number of ether oxygens (including phenoxy) is 1. The average Bonchev–Trinajstić information content (AvgIpc) is 2.68. The number of halogens is 3. The molecule has 0 bridgehead atoms. The van der Waals surface area contributed by atoms with Crippen molar-refractivity contribution in [3.8, 4) is 5.75 Å². The van der Waals surface area contributed by atoms with Crippen LogP contribution >= 0.6 is 34.8 Å². The first-order chi connectivity index (χ1) is 13.5. The monoisotopic (exact) mass is 433 g/mol. The summed E-state index contributed by atoms with van der Waals surface area (Å²) in [5.41, 5.74) is 3.84. The highest BCUT2D eigenvalue weighted by Crippen LogP contribution is 2.31. The van der Waals surface area contributed by atoms with Gasteiger partial charge in [0.1, 0.15) is 17.9 Å². The van der Waals surface area contributed by atoms with Gasteiger partial charge in [-0.15, -0.1) is 0 Å². The van der Waals surface area contributed by atoms with Gasteiger partial charge in [0.25, 0.3) is 0 Å². The number of benzene rings is 1. The number of para-hydroxylation sites is 1. The highest BCUT2D eigenvalue weighted by Gasteiger charge is 2.16. The van der Waals surface area contributed by atoms with Gasteiger partial charge in [0.15, 0.2) is 0 Å². The van der Waals surface area contributed by atoms with E-state index in [4.69, 9.17) is 39.5 Å². The van der Waals surface area contributed by atoms with Crippen molar-refractivity contribution in [1.82, 2.24) is 9.97 Å². The molecule has 2 aromatic heterocycles. The number of hydrogen-bond acceptors (Lipinski definition) is 4. The number of rotatable bonds is 5. The summed E-state index contributed by atoms with van der Waals surface area (Å²) in [7, 11) is 1.72.